The summed E-state index contributed by atoms with van der Waals surface area (Å²) in [6.45, 7) is 4.05. The Kier molecular flexibility index (Phi) is 76.3. The Morgan fingerprint density at radius 2 is 0.478 bits per heavy atom. The number of carbonyl (C=O) groups excluding carboxylic acids is 2. The molecule has 5 heteroatoms. The van der Waals surface area contributed by atoms with Gasteiger partial charge in [0, 0.05) is 12.8 Å². The van der Waals surface area contributed by atoms with Crippen LogP contribution < -0.4 is 0 Å². The van der Waals surface area contributed by atoms with Gasteiger partial charge in [0.25, 0.3) is 0 Å². The van der Waals surface area contributed by atoms with Crippen LogP contribution in [0.2, 0.25) is 0 Å². The van der Waals surface area contributed by atoms with Gasteiger partial charge in [-0.1, -0.05) is 386 Å². The lowest BCUT2D eigenvalue weighted by atomic mass is 10.0. The molecule has 0 aromatic heterocycles. The fraction of sp³-hybridized carbons (Fsp3) is 0.741. The standard InChI is InChI=1S/C85H148O5/c1-3-5-7-9-11-13-15-17-19-21-23-25-27-29-31-33-35-37-39-40-41-42-43-44-46-47-49-51-53-55-57-59-61-63-65-67-69-71-73-75-77-79-84(87)89-82-83(81-86)90-85(88)80-78-76-74-72-70-68-66-64-62-60-58-56-54-52-50-48-45-38-36-34-32-30-28-26-24-22-20-18-16-14-12-10-8-6-4-2/h6,8,12,14,18,20-21,23-24,26,30,32,36,38,48,50,54,56,60,62,83,86H,3-5,7,9-11,13,15-17,19,22,25,27-29,31,33-35,37,39-47,49,51-53,55,57-59,61,63-82H2,1-2H3/b8-6-,14-12-,20-18-,23-21-,26-24-,32-30-,38-36-,50-48-,56-54-,62-60-. The van der Waals surface area contributed by atoms with Crippen molar-refractivity contribution in [1.29, 1.82) is 0 Å². The summed E-state index contributed by atoms with van der Waals surface area (Å²) in [6.07, 6.45) is 117. The van der Waals surface area contributed by atoms with Crippen molar-refractivity contribution in [2.75, 3.05) is 13.2 Å². The Balaban J connectivity index is 3.46. The van der Waals surface area contributed by atoms with Gasteiger partial charge in [-0.15, -0.1) is 0 Å². The molecule has 0 saturated carbocycles. The van der Waals surface area contributed by atoms with E-state index in [1.807, 2.05) is 0 Å². The summed E-state index contributed by atoms with van der Waals surface area (Å²) in [7, 11) is 0. The zero-order valence-corrected chi connectivity index (χ0v) is 59.6. The van der Waals surface area contributed by atoms with Gasteiger partial charge in [0.1, 0.15) is 6.61 Å². The summed E-state index contributed by atoms with van der Waals surface area (Å²) < 4.78 is 10.8. The fourth-order valence-corrected chi connectivity index (χ4v) is 11.4. The Hall–Kier alpha value is -3.70. The molecule has 0 aromatic carbocycles. The van der Waals surface area contributed by atoms with Crippen molar-refractivity contribution in [1.82, 2.24) is 0 Å². The molecule has 518 valence electrons. The van der Waals surface area contributed by atoms with Gasteiger partial charge in [-0.2, -0.15) is 0 Å². The van der Waals surface area contributed by atoms with E-state index in [0.717, 1.165) is 103 Å². The van der Waals surface area contributed by atoms with E-state index < -0.39 is 6.10 Å². The molecule has 0 bridgehead atoms. The molecule has 0 radical (unpaired) electrons. The lowest BCUT2D eigenvalue weighted by Crippen LogP contribution is -2.28. The third-order valence-corrected chi connectivity index (χ3v) is 17.2. The summed E-state index contributed by atoms with van der Waals surface area (Å²) in [5, 5.41) is 9.72. The lowest BCUT2D eigenvalue weighted by molar-refractivity contribution is -0.161. The minimum absolute atomic E-state index is 0.0731. The molecule has 0 aromatic rings. The van der Waals surface area contributed by atoms with Crippen molar-refractivity contribution in [3.8, 4) is 0 Å². The first-order chi connectivity index (χ1) is 44.6. The molecule has 0 heterocycles. The minimum Gasteiger partial charge on any atom is -0.462 e. The second kappa shape index (κ2) is 79.5. The number of hydrogen-bond donors (Lipinski definition) is 1. The van der Waals surface area contributed by atoms with Crippen LogP contribution in [0.25, 0.3) is 0 Å². The van der Waals surface area contributed by atoms with Crippen LogP contribution in [0, 0.1) is 0 Å². The maximum Gasteiger partial charge on any atom is 0.306 e. The number of carbonyl (C=O) groups is 2. The third kappa shape index (κ3) is 76.8. The van der Waals surface area contributed by atoms with E-state index in [1.165, 1.54) is 257 Å². The summed E-state index contributed by atoms with van der Waals surface area (Å²) in [4.78, 5) is 24.7. The minimum atomic E-state index is -0.787. The quantitative estimate of drug-likeness (QED) is 0.0373. The Bertz CT molecular complexity index is 1750. The van der Waals surface area contributed by atoms with E-state index in [9.17, 15) is 14.7 Å². The molecular weight excluding hydrogens is 1100 g/mol. The van der Waals surface area contributed by atoms with Crippen LogP contribution in [0.5, 0.6) is 0 Å². The number of esters is 2. The molecule has 0 amide bonds. The molecule has 1 unspecified atom stereocenters. The summed E-state index contributed by atoms with van der Waals surface area (Å²) in [6, 6.07) is 0. The highest BCUT2D eigenvalue weighted by atomic mass is 16.6. The maximum atomic E-state index is 12.4. The molecular formula is C85H148O5. The van der Waals surface area contributed by atoms with E-state index in [1.54, 1.807) is 0 Å². The first-order valence-electron chi connectivity index (χ1n) is 39.1. The molecule has 0 aliphatic rings. The van der Waals surface area contributed by atoms with Crippen molar-refractivity contribution >= 4 is 11.9 Å². The van der Waals surface area contributed by atoms with Crippen LogP contribution in [0.15, 0.2) is 122 Å². The van der Waals surface area contributed by atoms with Crippen molar-refractivity contribution in [3.05, 3.63) is 122 Å². The number of hydrogen-bond acceptors (Lipinski definition) is 5. The average Bonchev–Trinajstić information content (AvgIpc) is 3.58. The number of ether oxygens (including phenoxy) is 2. The molecule has 1 atom stereocenters. The van der Waals surface area contributed by atoms with Crippen molar-refractivity contribution in [2.24, 2.45) is 0 Å². The van der Waals surface area contributed by atoms with Gasteiger partial charge in [0.05, 0.1) is 6.61 Å². The van der Waals surface area contributed by atoms with Crippen LogP contribution in [0.4, 0.5) is 0 Å². The van der Waals surface area contributed by atoms with Gasteiger partial charge in [0.2, 0.25) is 0 Å². The molecule has 0 aliphatic heterocycles. The Morgan fingerprint density at radius 3 is 0.733 bits per heavy atom. The maximum absolute atomic E-state index is 12.4. The first kappa shape index (κ1) is 86.3. The normalized spacial score (nSPS) is 12.9. The molecule has 0 saturated heterocycles. The molecule has 0 spiro atoms. The Morgan fingerprint density at radius 1 is 0.267 bits per heavy atom. The second-order valence-electron chi connectivity index (χ2n) is 26.1. The van der Waals surface area contributed by atoms with E-state index in [0.29, 0.717) is 12.8 Å². The summed E-state index contributed by atoms with van der Waals surface area (Å²) in [5.41, 5.74) is 0. The van der Waals surface area contributed by atoms with E-state index in [-0.39, 0.29) is 25.2 Å². The zero-order valence-electron chi connectivity index (χ0n) is 59.6. The van der Waals surface area contributed by atoms with Gasteiger partial charge in [-0.05, 0) is 109 Å². The summed E-state index contributed by atoms with van der Waals surface area (Å²) in [5.74, 6) is -0.594. The first-order valence-corrected chi connectivity index (χ1v) is 39.1. The smallest absolute Gasteiger partial charge is 0.306 e. The highest BCUT2D eigenvalue weighted by molar-refractivity contribution is 5.70. The largest absolute Gasteiger partial charge is 0.462 e. The number of unbranched alkanes of at least 4 members (excludes halogenated alkanes) is 44. The van der Waals surface area contributed by atoms with E-state index in [2.05, 4.69) is 135 Å². The topological polar surface area (TPSA) is 72.8 Å². The van der Waals surface area contributed by atoms with Gasteiger partial charge in [-0.25, -0.2) is 0 Å². The molecule has 90 heavy (non-hydrogen) atoms. The Labute approximate surface area is 560 Å². The molecule has 0 fully saturated rings. The van der Waals surface area contributed by atoms with Gasteiger partial charge in [0.15, 0.2) is 6.10 Å². The van der Waals surface area contributed by atoms with Crippen LogP contribution in [0.1, 0.15) is 386 Å². The van der Waals surface area contributed by atoms with Gasteiger partial charge < -0.3 is 14.6 Å². The molecule has 5 nitrogen and oxygen atoms in total. The van der Waals surface area contributed by atoms with Crippen LogP contribution in [-0.2, 0) is 19.1 Å². The number of aliphatic hydroxyl groups is 1. The van der Waals surface area contributed by atoms with Crippen LogP contribution >= 0.6 is 0 Å². The fourth-order valence-electron chi connectivity index (χ4n) is 11.4. The van der Waals surface area contributed by atoms with Gasteiger partial charge >= 0.3 is 11.9 Å². The van der Waals surface area contributed by atoms with Gasteiger partial charge in [-0.3, -0.25) is 9.59 Å². The third-order valence-electron chi connectivity index (χ3n) is 17.2. The summed E-state index contributed by atoms with van der Waals surface area (Å²) >= 11 is 0. The van der Waals surface area contributed by atoms with Crippen molar-refractivity contribution < 1.29 is 24.2 Å². The van der Waals surface area contributed by atoms with Crippen LogP contribution in [0.3, 0.4) is 0 Å². The SMILES string of the molecule is CC/C=C\C/C=C\C/C=C\C/C=C\C/C=C\C/C=C\C/C=C\C/C=C\C/C=C\CCCCCCCCCC(=O)OC(CO)COC(=O)CCCCCCCCCCCCCCCCCCCCCCCCCCCCCCC/C=C\CCCCCCCCCC. The molecule has 1 N–H and O–H groups in total. The highest BCUT2D eigenvalue weighted by Gasteiger charge is 2.16. The van der Waals surface area contributed by atoms with E-state index in [4.69, 9.17) is 9.47 Å². The zero-order chi connectivity index (χ0) is 64.7. The number of rotatable bonds is 72. The van der Waals surface area contributed by atoms with Crippen LogP contribution in [-0.4, -0.2) is 36.4 Å². The average molecular weight is 1250 g/mol. The predicted molar refractivity (Wildman–Crippen MR) is 398 cm³/mol. The predicted octanol–water partition coefficient (Wildman–Crippen LogP) is 27.7. The number of allylic oxidation sites excluding steroid dienone is 20. The highest BCUT2D eigenvalue weighted by Crippen LogP contribution is 2.19. The monoisotopic (exact) mass is 1250 g/mol. The lowest BCUT2D eigenvalue weighted by Gasteiger charge is -2.15. The van der Waals surface area contributed by atoms with Crippen molar-refractivity contribution in [2.45, 2.75) is 392 Å². The molecule has 0 aliphatic carbocycles. The van der Waals surface area contributed by atoms with Crippen molar-refractivity contribution in [3.63, 3.8) is 0 Å². The van der Waals surface area contributed by atoms with E-state index >= 15 is 0 Å². The molecule has 0 rings (SSSR count). The second-order valence-corrected chi connectivity index (χ2v) is 26.1. The number of aliphatic hydroxyl groups excluding tert-OH is 1.